The Hall–Kier alpha value is -7.73. The highest BCUT2D eigenvalue weighted by Gasteiger charge is 2.20. The molecule has 0 fully saturated rings. The summed E-state index contributed by atoms with van der Waals surface area (Å²) in [5.41, 5.74) is 5.49. The van der Waals surface area contributed by atoms with Crippen LogP contribution in [0, 0.1) is 0 Å². The number of aromatic nitrogens is 4. The Bertz CT molecular complexity index is 4330. The molecule has 3 heterocycles. The molecular weight excluding hydrogens is 749 g/mol. The minimum atomic E-state index is -0.506. The molecule has 0 saturated carbocycles. The summed E-state index contributed by atoms with van der Waals surface area (Å²) in [5, 5.41) is 2.63. The highest BCUT2D eigenvalue weighted by molar-refractivity contribution is 7.26. The van der Waals surface area contributed by atoms with E-state index in [1.165, 1.54) is 23.5 Å². The summed E-state index contributed by atoms with van der Waals surface area (Å²) in [4.78, 5) is 15.4. The Kier molecular flexibility index (Phi) is 5.65. The Morgan fingerprint density at radius 2 is 1.03 bits per heavy atom. The van der Waals surface area contributed by atoms with Crippen LogP contribution in [-0.4, -0.2) is 19.5 Å². The monoisotopic (exact) mass is 794 g/mol. The van der Waals surface area contributed by atoms with Gasteiger partial charge in [-0.25, -0.2) is 15.0 Å². The SMILES string of the molecule is [2H]c1cc([2H])c2sc3c(-c4cccc(-c5nc(-c6ccc7cc(-c8ccccc8)ccc7c6)nc(-c6ccccc6-n6c7c([2H])cc([2H])c([2H])c7c7c([2H])c([2H])c([2H])c([2H])c76)n5)c4)cc([2H])c([2H])c3c2c1[2H]. The number of hydrogen-bond acceptors (Lipinski definition) is 4. The summed E-state index contributed by atoms with van der Waals surface area (Å²) in [6.45, 7) is 0. The van der Waals surface area contributed by atoms with Gasteiger partial charge in [0.15, 0.2) is 17.5 Å². The van der Waals surface area contributed by atoms with Gasteiger partial charge in [0.1, 0.15) is 0 Å². The summed E-state index contributed by atoms with van der Waals surface area (Å²) in [5.74, 6) is 0.732. The van der Waals surface area contributed by atoms with Crippen LogP contribution in [0.4, 0.5) is 0 Å². The van der Waals surface area contributed by atoms with Gasteiger partial charge in [-0.05, 0) is 81.5 Å². The van der Waals surface area contributed by atoms with Crippen molar-refractivity contribution in [2.45, 2.75) is 0 Å². The normalized spacial score (nSPS) is 14.5. The van der Waals surface area contributed by atoms with E-state index in [1.54, 1.807) is 34.9 Å². The third kappa shape index (κ3) is 5.70. The summed E-state index contributed by atoms with van der Waals surface area (Å²) in [7, 11) is 0. The lowest BCUT2D eigenvalue weighted by atomic mass is 9.99. The van der Waals surface area contributed by atoms with Crippen molar-refractivity contribution in [3.05, 3.63) is 206 Å². The van der Waals surface area contributed by atoms with Crippen LogP contribution in [0.5, 0.6) is 0 Å². The van der Waals surface area contributed by atoms with Crippen molar-refractivity contribution in [3.63, 3.8) is 0 Å². The molecule has 0 spiro atoms. The molecule has 60 heavy (non-hydrogen) atoms. The van der Waals surface area contributed by atoms with Crippen LogP contribution in [0.2, 0.25) is 0 Å². The van der Waals surface area contributed by atoms with Crippen molar-refractivity contribution in [1.82, 2.24) is 19.5 Å². The first kappa shape index (κ1) is 24.3. The number of benzene rings is 9. The second-order valence-corrected chi connectivity index (χ2v) is 15.3. The maximum absolute atomic E-state index is 9.20. The first-order chi connectivity index (χ1) is 34.7. The van der Waals surface area contributed by atoms with E-state index < -0.39 is 18.1 Å². The van der Waals surface area contributed by atoms with Crippen molar-refractivity contribution >= 4 is 64.1 Å². The van der Waals surface area contributed by atoms with Gasteiger partial charge in [-0.15, -0.1) is 11.3 Å². The maximum atomic E-state index is 9.20. The van der Waals surface area contributed by atoms with Gasteiger partial charge in [0.2, 0.25) is 0 Å². The standard InChI is InChI=1S/C55H34N4S/c1-2-14-35(15-3-1)36-28-29-38-33-41(31-30-37(38)32-36)54-56-53(40-17-12-16-39(34-40)42-22-13-23-46-45-20-7-11-27-51(45)60-52(42)46)57-55(58-54)47-21-6-10-26-50(47)59-48-24-8-4-18-43(48)44-19-5-9-25-49(44)59/h1-34H/i4D,5D,7D,8D,13D,18D,19D,20D,23D,24D,25D,27D. The highest BCUT2D eigenvalue weighted by Crippen LogP contribution is 2.41. The van der Waals surface area contributed by atoms with Crippen molar-refractivity contribution in [2.24, 2.45) is 0 Å². The van der Waals surface area contributed by atoms with Gasteiger partial charge in [-0.3, -0.25) is 0 Å². The smallest absolute Gasteiger partial charge is 0.166 e. The maximum Gasteiger partial charge on any atom is 0.166 e. The fourth-order valence-corrected chi connectivity index (χ4v) is 9.09. The number of fused-ring (bicyclic) bond motifs is 7. The number of hydrogen-bond donors (Lipinski definition) is 0. The molecule has 0 unspecified atom stereocenters. The number of nitrogens with zero attached hydrogens (tertiary/aromatic N) is 4. The average Bonchev–Trinajstić information content (AvgIpc) is 3.99. The van der Waals surface area contributed by atoms with Gasteiger partial charge < -0.3 is 4.57 Å². The summed E-state index contributed by atoms with van der Waals surface area (Å²) in [6.07, 6.45) is 0. The number of para-hydroxylation sites is 3. The average molecular weight is 795 g/mol. The van der Waals surface area contributed by atoms with Gasteiger partial charge in [-0.2, -0.15) is 0 Å². The van der Waals surface area contributed by atoms with Gasteiger partial charge in [0.25, 0.3) is 0 Å². The van der Waals surface area contributed by atoms with Crippen LogP contribution >= 0.6 is 11.3 Å². The third-order valence-corrected chi connectivity index (χ3v) is 11.9. The molecule has 0 saturated heterocycles. The van der Waals surface area contributed by atoms with E-state index in [0.29, 0.717) is 59.5 Å². The minimum absolute atomic E-state index is 0.0129. The van der Waals surface area contributed by atoms with Gasteiger partial charge in [-0.1, -0.05) is 158 Å². The number of thiophene rings is 1. The minimum Gasteiger partial charge on any atom is -0.309 e. The van der Waals surface area contributed by atoms with Gasteiger partial charge >= 0.3 is 0 Å². The molecule has 0 aliphatic rings. The van der Waals surface area contributed by atoms with Crippen LogP contribution in [-0.2, 0) is 0 Å². The van der Waals surface area contributed by atoms with E-state index in [9.17, 15) is 1.37 Å². The van der Waals surface area contributed by atoms with Crippen LogP contribution in [0.15, 0.2) is 206 Å². The Labute approximate surface area is 367 Å². The van der Waals surface area contributed by atoms with Crippen LogP contribution < -0.4 is 0 Å². The molecule has 5 heteroatoms. The quantitative estimate of drug-likeness (QED) is 0.168. The first-order valence-corrected chi connectivity index (χ1v) is 20.0. The van der Waals surface area contributed by atoms with Gasteiger partial charge in [0, 0.05) is 47.6 Å². The van der Waals surface area contributed by atoms with E-state index in [-0.39, 0.29) is 87.8 Å². The Morgan fingerprint density at radius 3 is 1.90 bits per heavy atom. The second-order valence-electron chi connectivity index (χ2n) is 14.3. The second kappa shape index (κ2) is 14.0. The van der Waals surface area contributed by atoms with Crippen LogP contribution in [0.1, 0.15) is 16.4 Å². The highest BCUT2D eigenvalue weighted by atomic mass is 32.1. The third-order valence-electron chi connectivity index (χ3n) is 10.8. The molecule has 3 aromatic heterocycles. The van der Waals surface area contributed by atoms with Gasteiger partial charge in [0.05, 0.1) is 33.2 Å². The van der Waals surface area contributed by atoms with E-state index in [0.717, 1.165) is 21.9 Å². The fraction of sp³-hybridized carbons (Fsp3) is 0. The lowest BCUT2D eigenvalue weighted by Gasteiger charge is -2.15. The van der Waals surface area contributed by atoms with Crippen LogP contribution in [0.25, 0.3) is 115 Å². The van der Waals surface area contributed by atoms with E-state index in [2.05, 4.69) is 24.3 Å². The summed E-state index contributed by atoms with van der Waals surface area (Å²) >= 11 is 1.24. The molecule has 12 rings (SSSR count). The molecule has 0 bridgehead atoms. The lowest BCUT2D eigenvalue weighted by molar-refractivity contribution is 1.06. The lowest BCUT2D eigenvalue weighted by Crippen LogP contribution is -2.03. The fourth-order valence-electron chi connectivity index (χ4n) is 7.97. The molecule has 0 radical (unpaired) electrons. The topological polar surface area (TPSA) is 43.6 Å². The van der Waals surface area contributed by atoms with Crippen LogP contribution in [0.3, 0.4) is 0 Å². The molecule has 0 aliphatic carbocycles. The van der Waals surface area contributed by atoms with Crippen molar-refractivity contribution in [2.75, 3.05) is 0 Å². The summed E-state index contributed by atoms with van der Waals surface area (Å²) in [6, 6.07) is 38.0. The Morgan fingerprint density at radius 1 is 0.400 bits per heavy atom. The molecule has 0 N–H and O–H groups in total. The number of rotatable bonds is 6. The molecular formula is C55H34N4S. The van der Waals surface area contributed by atoms with Crippen molar-refractivity contribution in [3.8, 4) is 62.1 Å². The van der Waals surface area contributed by atoms with Crippen molar-refractivity contribution < 1.29 is 16.4 Å². The Balaban J connectivity index is 1.10. The zero-order chi connectivity index (χ0) is 50.0. The first-order valence-electron chi connectivity index (χ1n) is 25.2. The molecule has 0 atom stereocenters. The predicted molar refractivity (Wildman–Crippen MR) is 252 cm³/mol. The predicted octanol–water partition coefficient (Wildman–Crippen LogP) is 14.8. The molecule has 12 aromatic rings. The molecule has 0 amide bonds. The van der Waals surface area contributed by atoms with E-state index in [4.69, 9.17) is 30.0 Å². The van der Waals surface area contributed by atoms with E-state index in [1.807, 2.05) is 66.7 Å². The molecule has 280 valence electrons. The molecule has 0 aliphatic heterocycles. The van der Waals surface area contributed by atoms with Crippen molar-refractivity contribution in [1.29, 1.82) is 0 Å². The zero-order valence-corrected chi connectivity index (χ0v) is 32.2. The summed E-state index contributed by atoms with van der Waals surface area (Å²) < 4.78 is 108. The van der Waals surface area contributed by atoms with E-state index >= 15 is 0 Å². The molecule has 4 nitrogen and oxygen atoms in total. The largest absolute Gasteiger partial charge is 0.309 e. The zero-order valence-electron chi connectivity index (χ0n) is 43.4. The molecule has 9 aromatic carbocycles.